The summed E-state index contributed by atoms with van der Waals surface area (Å²) >= 11 is 3.27. The van der Waals surface area contributed by atoms with Gasteiger partial charge in [0.25, 0.3) is 0 Å². The molecule has 1 aromatic rings. The van der Waals surface area contributed by atoms with Gasteiger partial charge in [-0.15, -0.1) is 0 Å². The van der Waals surface area contributed by atoms with Crippen LogP contribution in [-0.2, 0) is 14.8 Å². The monoisotopic (exact) mass is 360 g/mol. The molecule has 2 unspecified atom stereocenters. The van der Waals surface area contributed by atoms with Crippen molar-refractivity contribution in [1.29, 1.82) is 0 Å². The first-order valence-corrected chi connectivity index (χ1v) is 8.94. The SMILES string of the molecule is Nc1cc(Br)ccc1S(=O)(=O)NC1CCOC1C1CC1. The molecule has 2 atom stereocenters. The molecule has 110 valence electrons. The molecule has 3 N–H and O–H groups in total. The van der Waals surface area contributed by atoms with Crippen LogP contribution in [0.15, 0.2) is 27.6 Å². The van der Waals surface area contributed by atoms with Crippen LogP contribution in [-0.4, -0.2) is 27.2 Å². The lowest BCUT2D eigenvalue weighted by Gasteiger charge is -2.20. The third-order valence-corrected chi connectivity index (χ3v) is 5.85. The fourth-order valence-electron chi connectivity index (χ4n) is 2.65. The molecule has 3 rings (SSSR count). The highest BCUT2D eigenvalue weighted by Gasteiger charge is 2.42. The van der Waals surface area contributed by atoms with Crippen molar-refractivity contribution in [3.05, 3.63) is 22.7 Å². The number of benzene rings is 1. The van der Waals surface area contributed by atoms with E-state index in [1.165, 1.54) is 6.07 Å². The van der Waals surface area contributed by atoms with Crippen molar-refractivity contribution in [2.45, 2.75) is 36.3 Å². The molecule has 1 aliphatic heterocycles. The van der Waals surface area contributed by atoms with Crippen molar-refractivity contribution in [2.75, 3.05) is 12.3 Å². The van der Waals surface area contributed by atoms with Crippen LogP contribution in [0.5, 0.6) is 0 Å². The molecule has 0 radical (unpaired) electrons. The number of ether oxygens (including phenoxy) is 1. The highest BCUT2D eigenvalue weighted by atomic mass is 79.9. The molecule has 2 aliphatic rings. The number of rotatable bonds is 4. The lowest BCUT2D eigenvalue weighted by atomic mass is 10.1. The Morgan fingerprint density at radius 3 is 2.70 bits per heavy atom. The van der Waals surface area contributed by atoms with E-state index in [2.05, 4.69) is 20.7 Å². The quantitative estimate of drug-likeness (QED) is 0.803. The summed E-state index contributed by atoms with van der Waals surface area (Å²) in [5, 5.41) is 0. The van der Waals surface area contributed by atoms with Gasteiger partial charge in [0, 0.05) is 11.1 Å². The summed E-state index contributed by atoms with van der Waals surface area (Å²) in [6.07, 6.45) is 2.99. The van der Waals surface area contributed by atoms with E-state index >= 15 is 0 Å². The first-order valence-electron chi connectivity index (χ1n) is 6.66. The molecule has 0 spiro atoms. The zero-order chi connectivity index (χ0) is 14.3. The Bertz CT molecular complexity index is 616. The zero-order valence-corrected chi connectivity index (χ0v) is 13.3. The minimum Gasteiger partial charge on any atom is -0.398 e. The van der Waals surface area contributed by atoms with Gasteiger partial charge in [-0.25, -0.2) is 13.1 Å². The molecule has 2 fully saturated rings. The molecule has 0 amide bonds. The average molecular weight is 361 g/mol. The van der Waals surface area contributed by atoms with Crippen molar-refractivity contribution in [1.82, 2.24) is 4.72 Å². The van der Waals surface area contributed by atoms with Crippen LogP contribution in [0.3, 0.4) is 0 Å². The number of hydrogen-bond donors (Lipinski definition) is 2. The number of nitrogens with two attached hydrogens (primary N) is 1. The lowest BCUT2D eigenvalue weighted by Crippen LogP contribution is -2.41. The zero-order valence-electron chi connectivity index (χ0n) is 10.9. The van der Waals surface area contributed by atoms with Crippen LogP contribution in [0.25, 0.3) is 0 Å². The van der Waals surface area contributed by atoms with Gasteiger partial charge in [0.05, 0.1) is 17.8 Å². The Kier molecular flexibility index (Phi) is 3.79. The van der Waals surface area contributed by atoms with E-state index in [0.29, 0.717) is 12.5 Å². The topological polar surface area (TPSA) is 81.4 Å². The molecule has 5 nitrogen and oxygen atoms in total. The van der Waals surface area contributed by atoms with Gasteiger partial charge in [-0.05, 0) is 43.4 Å². The molecule has 20 heavy (non-hydrogen) atoms. The van der Waals surface area contributed by atoms with Crippen molar-refractivity contribution >= 4 is 31.6 Å². The van der Waals surface area contributed by atoms with Gasteiger partial charge >= 0.3 is 0 Å². The molecule has 1 heterocycles. The van der Waals surface area contributed by atoms with E-state index in [9.17, 15) is 8.42 Å². The van der Waals surface area contributed by atoms with Gasteiger partial charge < -0.3 is 10.5 Å². The standard InChI is InChI=1S/C13H17BrN2O3S/c14-9-3-4-12(10(15)7-9)20(17,18)16-11-5-6-19-13(11)8-1-2-8/h3-4,7-8,11,13,16H,1-2,5-6,15H2. The molecular weight excluding hydrogens is 344 g/mol. The van der Waals surface area contributed by atoms with E-state index in [0.717, 1.165) is 23.7 Å². The Labute approximate surface area is 127 Å². The number of hydrogen-bond acceptors (Lipinski definition) is 4. The van der Waals surface area contributed by atoms with Crippen LogP contribution in [0.4, 0.5) is 5.69 Å². The maximum atomic E-state index is 12.4. The second-order valence-electron chi connectivity index (χ2n) is 5.37. The maximum Gasteiger partial charge on any atom is 0.242 e. The van der Waals surface area contributed by atoms with Gasteiger partial charge in [0.15, 0.2) is 0 Å². The summed E-state index contributed by atoms with van der Waals surface area (Å²) in [4.78, 5) is 0.127. The molecule has 1 saturated heterocycles. The van der Waals surface area contributed by atoms with E-state index in [1.54, 1.807) is 12.1 Å². The minimum absolute atomic E-state index is 0.0152. The number of sulfonamides is 1. The summed E-state index contributed by atoms with van der Waals surface area (Å²) in [7, 11) is -3.61. The largest absolute Gasteiger partial charge is 0.398 e. The van der Waals surface area contributed by atoms with Gasteiger partial charge in [0.1, 0.15) is 4.90 Å². The number of halogens is 1. The third kappa shape index (κ3) is 2.86. The maximum absolute atomic E-state index is 12.4. The van der Waals surface area contributed by atoms with Crippen molar-refractivity contribution < 1.29 is 13.2 Å². The molecule has 1 aromatic carbocycles. The summed E-state index contributed by atoms with van der Waals surface area (Å²) in [6.45, 7) is 0.615. The Balaban J connectivity index is 1.81. The highest BCUT2D eigenvalue weighted by Crippen LogP contribution is 2.39. The van der Waals surface area contributed by atoms with Crippen LogP contribution in [0, 0.1) is 5.92 Å². The second kappa shape index (κ2) is 5.29. The first-order chi connectivity index (χ1) is 9.47. The van der Waals surface area contributed by atoms with E-state index in [4.69, 9.17) is 10.5 Å². The lowest BCUT2D eigenvalue weighted by molar-refractivity contribution is 0.0848. The van der Waals surface area contributed by atoms with Gasteiger partial charge in [-0.3, -0.25) is 0 Å². The normalized spacial score (nSPS) is 26.9. The van der Waals surface area contributed by atoms with E-state index in [-0.39, 0.29) is 22.7 Å². The molecule has 0 bridgehead atoms. The van der Waals surface area contributed by atoms with Crippen molar-refractivity contribution in [3.63, 3.8) is 0 Å². The highest BCUT2D eigenvalue weighted by molar-refractivity contribution is 9.10. The predicted molar refractivity (Wildman–Crippen MR) is 79.7 cm³/mol. The average Bonchev–Trinajstić information content (AvgIpc) is 3.10. The number of anilines is 1. The fourth-order valence-corrected chi connectivity index (χ4v) is 4.43. The van der Waals surface area contributed by atoms with Gasteiger partial charge in [-0.1, -0.05) is 15.9 Å². The van der Waals surface area contributed by atoms with Crippen molar-refractivity contribution in [2.24, 2.45) is 5.92 Å². The smallest absolute Gasteiger partial charge is 0.242 e. The van der Waals surface area contributed by atoms with E-state index < -0.39 is 10.0 Å². The summed E-state index contributed by atoms with van der Waals surface area (Å²) in [5.41, 5.74) is 6.05. The van der Waals surface area contributed by atoms with Crippen LogP contribution in [0.2, 0.25) is 0 Å². The number of nitrogen functional groups attached to an aromatic ring is 1. The molecule has 0 aromatic heterocycles. The van der Waals surface area contributed by atoms with E-state index in [1.807, 2.05) is 0 Å². The van der Waals surface area contributed by atoms with Crippen LogP contribution < -0.4 is 10.5 Å². The summed E-state index contributed by atoms with van der Waals surface area (Å²) in [5.74, 6) is 0.507. The van der Waals surface area contributed by atoms with Gasteiger partial charge in [0.2, 0.25) is 10.0 Å². The molecule has 1 aliphatic carbocycles. The first kappa shape index (κ1) is 14.3. The second-order valence-corrected chi connectivity index (χ2v) is 7.97. The van der Waals surface area contributed by atoms with Crippen LogP contribution in [0.1, 0.15) is 19.3 Å². The molecule has 7 heteroatoms. The number of nitrogens with one attached hydrogen (secondary N) is 1. The Morgan fingerprint density at radius 2 is 2.05 bits per heavy atom. The molecular formula is C13H17BrN2O3S. The van der Waals surface area contributed by atoms with Gasteiger partial charge in [-0.2, -0.15) is 0 Å². The fraction of sp³-hybridized carbons (Fsp3) is 0.538. The summed E-state index contributed by atoms with van der Waals surface area (Å²) < 4.78 is 34.1. The predicted octanol–water partition coefficient (Wildman–Crippen LogP) is 1.88. The Morgan fingerprint density at radius 1 is 1.30 bits per heavy atom. The van der Waals surface area contributed by atoms with Crippen molar-refractivity contribution in [3.8, 4) is 0 Å². The van der Waals surface area contributed by atoms with Crippen LogP contribution >= 0.6 is 15.9 Å². The summed E-state index contributed by atoms with van der Waals surface area (Å²) in [6, 6.07) is 4.64. The molecule has 1 saturated carbocycles. The minimum atomic E-state index is -3.61. The third-order valence-electron chi connectivity index (χ3n) is 3.79. The Hall–Kier alpha value is -0.630.